The molecule has 1 rings (SSSR count). The van der Waals surface area contributed by atoms with E-state index in [2.05, 4.69) is 0 Å². The van der Waals surface area contributed by atoms with E-state index in [1.165, 1.54) is 0 Å². The van der Waals surface area contributed by atoms with E-state index in [0.717, 1.165) is 32.5 Å². The zero-order valence-electron chi connectivity index (χ0n) is 6.76. The molecule has 0 saturated carbocycles. The van der Waals surface area contributed by atoms with E-state index in [4.69, 9.17) is 22.1 Å². The maximum atomic E-state index is 5.92. The third kappa shape index (κ3) is 2.97. The summed E-state index contributed by atoms with van der Waals surface area (Å²) in [5.41, 5.74) is 5.92. The summed E-state index contributed by atoms with van der Waals surface area (Å²) in [7, 11) is 0. The fourth-order valence-corrected chi connectivity index (χ4v) is 1.76. The Kier molecular flexibility index (Phi) is 4.20. The first-order valence-corrected chi connectivity index (χ1v) is 4.77. The van der Waals surface area contributed by atoms with Gasteiger partial charge >= 0.3 is 0 Å². The third-order valence-electron chi connectivity index (χ3n) is 2.31. The summed E-state index contributed by atoms with van der Waals surface area (Å²) < 4.78 is 5.24. The molecule has 3 heteroatoms. The van der Waals surface area contributed by atoms with Crippen LogP contribution in [0.4, 0.5) is 0 Å². The molecule has 1 unspecified atom stereocenters. The number of halogens is 1. The Morgan fingerprint density at radius 2 is 2.09 bits per heavy atom. The van der Waals surface area contributed by atoms with Crippen LogP contribution in [0.1, 0.15) is 19.3 Å². The topological polar surface area (TPSA) is 35.2 Å². The molecule has 1 atom stereocenters. The van der Waals surface area contributed by atoms with Gasteiger partial charge in [-0.3, -0.25) is 0 Å². The lowest BCUT2D eigenvalue weighted by Gasteiger charge is -2.26. The van der Waals surface area contributed by atoms with Crippen molar-refractivity contribution in [3.05, 3.63) is 0 Å². The van der Waals surface area contributed by atoms with Crippen LogP contribution in [0.15, 0.2) is 0 Å². The SMILES string of the molecule is NC(CCCl)C1CCOCC1. The van der Waals surface area contributed by atoms with Gasteiger partial charge in [0.15, 0.2) is 0 Å². The number of hydrogen-bond acceptors (Lipinski definition) is 2. The van der Waals surface area contributed by atoms with E-state index < -0.39 is 0 Å². The molecule has 2 nitrogen and oxygen atoms in total. The highest BCUT2D eigenvalue weighted by molar-refractivity contribution is 6.17. The quantitative estimate of drug-likeness (QED) is 0.661. The number of alkyl halides is 1. The Balaban J connectivity index is 2.21. The zero-order chi connectivity index (χ0) is 8.10. The molecule has 1 fully saturated rings. The smallest absolute Gasteiger partial charge is 0.0469 e. The minimum absolute atomic E-state index is 0.288. The monoisotopic (exact) mass is 177 g/mol. The van der Waals surface area contributed by atoms with Gasteiger partial charge < -0.3 is 10.5 Å². The summed E-state index contributed by atoms with van der Waals surface area (Å²) >= 11 is 5.60. The van der Waals surface area contributed by atoms with Gasteiger partial charge in [0.1, 0.15) is 0 Å². The van der Waals surface area contributed by atoms with Gasteiger partial charge in [0.2, 0.25) is 0 Å². The van der Waals surface area contributed by atoms with E-state index in [1.54, 1.807) is 0 Å². The lowest BCUT2D eigenvalue weighted by molar-refractivity contribution is 0.0581. The first kappa shape index (κ1) is 9.30. The van der Waals surface area contributed by atoms with Gasteiger partial charge in [-0.05, 0) is 25.2 Å². The van der Waals surface area contributed by atoms with E-state index in [-0.39, 0.29) is 6.04 Å². The second-order valence-electron chi connectivity index (χ2n) is 3.09. The molecule has 1 saturated heterocycles. The third-order valence-corrected chi connectivity index (χ3v) is 2.53. The molecular weight excluding hydrogens is 162 g/mol. The Labute approximate surface area is 73.0 Å². The fourth-order valence-electron chi connectivity index (χ4n) is 1.51. The highest BCUT2D eigenvalue weighted by atomic mass is 35.5. The van der Waals surface area contributed by atoms with Crippen LogP contribution in [-0.2, 0) is 4.74 Å². The predicted octanol–water partition coefficient (Wildman–Crippen LogP) is 1.37. The van der Waals surface area contributed by atoms with E-state index in [1.807, 2.05) is 0 Å². The Morgan fingerprint density at radius 3 is 2.64 bits per heavy atom. The molecule has 1 aliphatic rings. The van der Waals surface area contributed by atoms with E-state index >= 15 is 0 Å². The molecule has 0 amide bonds. The van der Waals surface area contributed by atoms with Gasteiger partial charge in [0.05, 0.1) is 0 Å². The molecule has 0 bridgehead atoms. The molecule has 2 N–H and O–H groups in total. The average Bonchev–Trinajstić information content (AvgIpc) is 2.07. The predicted molar refractivity (Wildman–Crippen MR) is 46.9 cm³/mol. The van der Waals surface area contributed by atoms with E-state index in [9.17, 15) is 0 Å². The van der Waals surface area contributed by atoms with Gasteiger partial charge in [-0.2, -0.15) is 0 Å². The van der Waals surface area contributed by atoms with Crippen molar-refractivity contribution in [2.45, 2.75) is 25.3 Å². The van der Waals surface area contributed by atoms with Crippen LogP contribution in [0, 0.1) is 5.92 Å². The van der Waals surface area contributed by atoms with Crippen molar-refractivity contribution in [1.29, 1.82) is 0 Å². The van der Waals surface area contributed by atoms with Crippen LogP contribution < -0.4 is 5.73 Å². The second kappa shape index (κ2) is 4.96. The highest BCUT2D eigenvalue weighted by Crippen LogP contribution is 2.19. The molecule has 0 aromatic rings. The van der Waals surface area contributed by atoms with Crippen LogP contribution in [0.25, 0.3) is 0 Å². The van der Waals surface area contributed by atoms with Crippen molar-refractivity contribution in [2.75, 3.05) is 19.1 Å². The maximum Gasteiger partial charge on any atom is 0.0469 e. The van der Waals surface area contributed by atoms with Gasteiger partial charge in [-0.15, -0.1) is 11.6 Å². The fraction of sp³-hybridized carbons (Fsp3) is 1.00. The normalized spacial score (nSPS) is 23.5. The van der Waals surface area contributed by atoms with Gasteiger partial charge in [-0.1, -0.05) is 0 Å². The molecule has 11 heavy (non-hydrogen) atoms. The summed E-state index contributed by atoms with van der Waals surface area (Å²) in [5.74, 6) is 1.32. The molecule has 1 heterocycles. The largest absolute Gasteiger partial charge is 0.381 e. The molecule has 0 aromatic carbocycles. The highest BCUT2D eigenvalue weighted by Gasteiger charge is 2.19. The first-order chi connectivity index (χ1) is 5.34. The summed E-state index contributed by atoms with van der Waals surface area (Å²) in [6.45, 7) is 1.75. The van der Waals surface area contributed by atoms with Crippen molar-refractivity contribution in [3.8, 4) is 0 Å². The molecule has 1 aliphatic heterocycles. The summed E-state index contributed by atoms with van der Waals surface area (Å²) in [4.78, 5) is 0. The van der Waals surface area contributed by atoms with E-state index in [0.29, 0.717) is 11.8 Å². The van der Waals surface area contributed by atoms with Gasteiger partial charge in [-0.25, -0.2) is 0 Å². The Morgan fingerprint density at radius 1 is 1.45 bits per heavy atom. The van der Waals surface area contributed by atoms with Crippen molar-refractivity contribution < 1.29 is 4.74 Å². The van der Waals surface area contributed by atoms with Crippen molar-refractivity contribution in [3.63, 3.8) is 0 Å². The standard InChI is InChI=1S/C8H16ClNO/c9-4-1-8(10)7-2-5-11-6-3-7/h7-8H,1-6,10H2. The zero-order valence-corrected chi connectivity index (χ0v) is 7.52. The Hall–Kier alpha value is 0.210. The number of ether oxygens (including phenoxy) is 1. The van der Waals surface area contributed by atoms with Crippen LogP contribution in [0.3, 0.4) is 0 Å². The summed E-state index contributed by atoms with van der Waals surface area (Å²) in [6.07, 6.45) is 3.16. The van der Waals surface area contributed by atoms with Crippen LogP contribution in [0.5, 0.6) is 0 Å². The first-order valence-electron chi connectivity index (χ1n) is 4.24. The second-order valence-corrected chi connectivity index (χ2v) is 3.47. The van der Waals surface area contributed by atoms with Crippen molar-refractivity contribution in [1.82, 2.24) is 0 Å². The lowest BCUT2D eigenvalue weighted by Crippen LogP contribution is -2.34. The minimum Gasteiger partial charge on any atom is -0.381 e. The molecule has 0 spiro atoms. The molecule has 0 radical (unpaired) electrons. The molecule has 0 aliphatic carbocycles. The van der Waals surface area contributed by atoms with Crippen LogP contribution >= 0.6 is 11.6 Å². The molecule has 0 aromatic heterocycles. The maximum absolute atomic E-state index is 5.92. The average molecular weight is 178 g/mol. The minimum atomic E-state index is 0.288. The van der Waals surface area contributed by atoms with Crippen molar-refractivity contribution in [2.24, 2.45) is 11.7 Å². The van der Waals surface area contributed by atoms with Gasteiger partial charge in [0, 0.05) is 25.1 Å². The summed E-state index contributed by atoms with van der Waals surface area (Å²) in [6, 6.07) is 0.288. The Bertz CT molecular complexity index is 104. The van der Waals surface area contributed by atoms with Crippen molar-refractivity contribution >= 4 is 11.6 Å². The van der Waals surface area contributed by atoms with Crippen LogP contribution in [-0.4, -0.2) is 25.1 Å². The summed E-state index contributed by atoms with van der Waals surface area (Å²) in [5, 5.41) is 0. The van der Waals surface area contributed by atoms with Crippen LogP contribution in [0.2, 0.25) is 0 Å². The molecular formula is C8H16ClNO. The number of nitrogens with two attached hydrogens (primary N) is 1. The molecule has 66 valence electrons. The van der Waals surface area contributed by atoms with Gasteiger partial charge in [0.25, 0.3) is 0 Å². The number of rotatable bonds is 3. The lowest BCUT2D eigenvalue weighted by atomic mass is 9.91. The number of hydrogen-bond donors (Lipinski definition) is 1.